The van der Waals surface area contributed by atoms with Gasteiger partial charge in [-0.1, -0.05) is 6.92 Å². The zero-order chi connectivity index (χ0) is 9.90. The molecule has 0 heterocycles. The van der Waals surface area contributed by atoms with Crippen LogP contribution in [-0.2, 0) is 14.6 Å². The molecule has 1 aliphatic rings. The molecule has 0 unspecified atom stereocenters. The molecule has 1 aliphatic carbocycles. The third kappa shape index (κ3) is 2.34. The lowest BCUT2D eigenvalue weighted by Gasteiger charge is -2.12. The molecule has 0 spiro atoms. The highest BCUT2D eigenvalue weighted by atomic mass is 32.2. The Morgan fingerprint density at radius 2 is 2.08 bits per heavy atom. The summed E-state index contributed by atoms with van der Waals surface area (Å²) in [6, 6.07) is 0. The Bertz CT molecular complexity index is 336. The van der Waals surface area contributed by atoms with E-state index in [0.29, 0.717) is 17.7 Å². The lowest BCUT2D eigenvalue weighted by atomic mass is 10.2. The normalized spacial score (nSPS) is 17.7. The summed E-state index contributed by atoms with van der Waals surface area (Å²) >= 11 is 0. The van der Waals surface area contributed by atoms with Gasteiger partial charge in [0.15, 0.2) is 9.84 Å². The van der Waals surface area contributed by atoms with Crippen LogP contribution in [0.2, 0.25) is 0 Å². The zero-order valence-electron chi connectivity index (χ0n) is 7.91. The molecule has 1 rings (SSSR count). The maximum atomic E-state index is 11.4. The summed E-state index contributed by atoms with van der Waals surface area (Å²) in [7, 11) is -1.40. The second-order valence-corrected chi connectivity index (χ2v) is 5.20. The Hall–Kier alpha value is -0.770. The van der Waals surface area contributed by atoms with E-state index in [1.54, 1.807) is 26.2 Å². The van der Waals surface area contributed by atoms with Crippen LogP contribution in [0, 0.1) is 0 Å². The summed E-state index contributed by atoms with van der Waals surface area (Å²) in [4.78, 5) is 0.524. The molecule has 0 atom stereocenters. The van der Waals surface area contributed by atoms with Crippen molar-refractivity contribution < 1.29 is 13.2 Å². The van der Waals surface area contributed by atoms with E-state index in [1.807, 2.05) is 0 Å². The highest BCUT2D eigenvalue weighted by Gasteiger charge is 2.17. The van der Waals surface area contributed by atoms with Gasteiger partial charge < -0.3 is 4.74 Å². The van der Waals surface area contributed by atoms with Crippen molar-refractivity contribution in [1.29, 1.82) is 0 Å². The Kier molecular flexibility index (Phi) is 3.14. The van der Waals surface area contributed by atoms with Gasteiger partial charge in [-0.05, 0) is 18.6 Å². The van der Waals surface area contributed by atoms with E-state index in [2.05, 4.69) is 0 Å². The summed E-state index contributed by atoms with van der Waals surface area (Å²) in [6.07, 6.45) is 4.62. The van der Waals surface area contributed by atoms with Crippen LogP contribution >= 0.6 is 0 Å². The van der Waals surface area contributed by atoms with Gasteiger partial charge in [-0.2, -0.15) is 0 Å². The molecule has 4 heteroatoms. The maximum absolute atomic E-state index is 11.4. The standard InChI is InChI=1S/C9H14O3S/c1-3-13(10,11)9-6-4-8(12-2)5-7-9/h4,6H,3,5,7H2,1-2H3. The fraction of sp³-hybridized carbons (Fsp3) is 0.556. The van der Waals surface area contributed by atoms with Gasteiger partial charge in [0, 0.05) is 11.3 Å². The van der Waals surface area contributed by atoms with Crippen molar-refractivity contribution in [3.05, 3.63) is 22.8 Å². The van der Waals surface area contributed by atoms with Gasteiger partial charge in [0.2, 0.25) is 0 Å². The molecule has 0 aromatic heterocycles. The van der Waals surface area contributed by atoms with Crippen molar-refractivity contribution in [1.82, 2.24) is 0 Å². The van der Waals surface area contributed by atoms with Crippen LogP contribution in [0.5, 0.6) is 0 Å². The Morgan fingerprint density at radius 1 is 1.38 bits per heavy atom. The van der Waals surface area contributed by atoms with Crippen molar-refractivity contribution >= 4 is 9.84 Å². The van der Waals surface area contributed by atoms with Gasteiger partial charge in [-0.15, -0.1) is 0 Å². The molecule has 13 heavy (non-hydrogen) atoms. The molecule has 0 saturated carbocycles. The number of hydrogen-bond acceptors (Lipinski definition) is 3. The van der Waals surface area contributed by atoms with E-state index < -0.39 is 9.84 Å². The van der Waals surface area contributed by atoms with Gasteiger partial charge in [0.05, 0.1) is 18.6 Å². The maximum Gasteiger partial charge on any atom is 0.174 e. The monoisotopic (exact) mass is 202 g/mol. The van der Waals surface area contributed by atoms with Crippen LogP contribution < -0.4 is 0 Å². The second-order valence-electron chi connectivity index (χ2n) is 2.87. The molecule has 0 saturated heterocycles. The summed E-state index contributed by atoms with van der Waals surface area (Å²) < 4.78 is 27.8. The third-order valence-corrected chi connectivity index (χ3v) is 4.01. The molecular formula is C9H14O3S. The smallest absolute Gasteiger partial charge is 0.174 e. The van der Waals surface area contributed by atoms with Crippen LogP contribution in [0.1, 0.15) is 19.8 Å². The van der Waals surface area contributed by atoms with E-state index >= 15 is 0 Å². The molecule has 0 aliphatic heterocycles. The number of allylic oxidation sites excluding steroid dienone is 4. The Morgan fingerprint density at radius 3 is 2.46 bits per heavy atom. The quantitative estimate of drug-likeness (QED) is 0.698. The number of rotatable bonds is 3. The predicted molar refractivity (Wildman–Crippen MR) is 51.9 cm³/mol. The first-order chi connectivity index (χ1) is 6.10. The van der Waals surface area contributed by atoms with Crippen LogP contribution in [0.25, 0.3) is 0 Å². The number of methoxy groups -OCH3 is 1. The minimum Gasteiger partial charge on any atom is -0.501 e. The van der Waals surface area contributed by atoms with Crippen LogP contribution in [0.15, 0.2) is 22.8 Å². The summed E-state index contributed by atoms with van der Waals surface area (Å²) in [5.74, 6) is 1.02. The van der Waals surface area contributed by atoms with Gasteiger partial charge in [0.25, 0.3) is 0 Å². The van der Waals surface area contributed by atoms with E-state index in [1.165, 1.54) is 0 Å². The third-order valence-electron chi connectivity index (χ3n) is 2.11. The molecular weight excluding hydrogens is 188 g/mol. The van der Waals surface area contributed by atoms with E-state index in [-0.39, 0.29) is 5.75 Å². The molecule has 0 N–H and O–H groups in total. The molecule has 0 aromatic carbocycles. The first kappa shape index (κ1) is 10.3. The topological polar surface area (TPSA) is 43.4 Å². The highest BCUT2D eigenvalue weighted by Crippen LogP contribution is 2.23. The van der Waals surface area contributed by atoms with Crippen molar-refractivity contribution in [3.8, 4) is 0 Å². The number of sulfone groups is 1. The second kappa shape index (κ2) is 3.96. The lowest BCUT2D eigenvalue weighted by Crippen LogP contribution is -2.09. The van der Waals surface area contributed by atoms with E-state index in [4.69, 9.17) is 4.74 Å². The fourth-order valence-electron chi connectivity index (χ4n) is 1.21. The molecule has 3 nitrogen and oxygen atoms in total. The van der Waals surface area contributed by atoms with Crippen molar-refractivity contribution in [3.63, 3.8) is 0 Å². The van der Waals surface area contributed by atoms with Crippen LogP contribution in [0.4, 0.5) is 0 Å². The molecule has 0 fully saturated rings. The van der Waals surface area contributed by atoms with Gasteiger partial charge >= 0.3 is 0 Å². The number of ether oxygens (including phenoxy) is 1. The zero-order valence-corrected chi connectivity index (χ0v) is 8.73. The Labute approximate surface area is 79.0 Å². The van der Waals surface area contributed by atoms with Crippen LogP contribution in [0.3, 0.4) is 0 Å². The number of hydrogen-bond donors (Lipinski definition) is 0. The summed E-state index contributed by atoms with van der Waals surface area (Å²) in [6.45, 7) is 1.66. The van der Waals surface area contributed by atoms with Crippen LogP contribution in [-0.4, -0.2) is 21.3 Å². The summed E-state index contributed by atoms with van der Waals surface area (Å²) in [5.41, 5.74) is 0. The summed E-state index contributed by atoms with van der Waals surface area (Å²) in [5, 5.41) is 0. The fourth-order valence-corrected chi connectivity index (χ4v) is 2.27. The average Bonchev–Trinajstić information content (AvgIpc) is 2.18. The van der Waals surface area contributed by atoms with Gasteiger partial charge in [0.1, 0.15) is 0 Å². The predicted octanol–water partition coefficient (Wildman–Crippen LogP) is 1.63. The first-order valence-corrected chi connectivity index (χ1v) is 5.92. The SMILES string of the molecule is CCS(=O)(=O)C1=CC=C(OC)CC1. The molecule has 0 aromatic rings. The van der Waals surface area contributed by atoms with Crippen molar-refractivity contribution in [2.75, 3.05) is 12.9 Å². The molecule has 0 bridgehead atoms. The minimum absolute atomic E-state index is 0.176. The van der Waals surface area contributed by atoms with Gasteiger partial charge in [-0.3, -0.25) is 0 Å². The van der Waals surface area contributed by atoms with Crippen molar-refractivity contribution in [2.45, 2.75) is 19.8 Å². The van der Waals surface area contributed by atoms with Crippen molar-refractivity contribution in [2.24, 2.45) is 0 Å². The highest BCUT2D eigenvalue weighted by molar-refractivity contribution is 7.95. The average molecular weight is 202 g/mol. The molecule has 0 radical (unpaired) electrons. The first-order valence-electron chi connectivity index (χ1n) is 4.26. The Balaban J connectivity index is 2.88. The van der Waals surface area contributed by atoms with E-state index in [9.17, 15) is 8.42 Å². The van der Waals surface area contributed by atoms with E-state index in [0.717, 1.165) is 5.76 Å². The molecule has 74 valence electrons. The molecule has 0 amide bonds. The minimum atomic E-state index is -2.99. The largest absolute Gasteiger partial charge is 0.501 e. The lowest BCUT2D eigenvalue weighted by molar-refractivity contribution is 0.276. The van der Waals surface area contributed by atoms with Gasteiger partial charge in [-0.25, -0.2) is 8.42 Å².